The quantitative estimate of drug-likeness (QED) is 0.369. The molecule has 0 N–H and O–H groups in total. The SMILES string of the molecule is CCC(CCCCCOC(=O)CS)OC(=O)CS. The van der Waals surface area contributed by atoms with Gasteiger partial charge in [0.25, 0.3) is 0 Å². The van der Waals surface area contributed by atoms with Gasteiger partial charge in [0.15, 0.2) is 0 Å². The molecule has 0 bridgehead atoms. The molecule has 0 fully saturated rings. The van der Waals surface area contributed by atoms with Crippen LogP contribution >= 0.6 is 25.3 Å². The second-order valence-electron chi connectivity index (χ2n) is 3.91. The van der Waals surface area contributed by atoms with E-state index in [0.717, 1.165) is 32.1 Å². The van der Waals surface area contributed by atoms with Crippen LogP contribution in [-0.4, -0.2) is 36.2 Å². The maximum Gasteiger partial charge on any atom is 0.315 e. The van der Waals surface area contributed by atoms with Crippen LogP contribution < -0.4 is 0 Å². The highest BCUT2D eigenvalue weighted by Crippen LogP contribution is 2.10. The van der Waals surface area contributed by atoms with E-state index < -0.39 is 0 Å². The molecule has 1 atom stereocenters. The van der Waals surface area contributed by atoms with Crippen LogP contribution in [0, 0.1) is 0 Å². The Labute approximate surface area is 120 Å². The lowest BCUT2D eigenvalue weighted by Crippen LogP contribution is -2.18. The van der Waals surface area contributed by atoms with Gasteiger partial charge in [-0.3, -0.25) is 9.59 Å². The van der Waals surface area contributed by atoms with Crippen molar-refractivity contribution in [3.05, 3.63) is 0 Å². The first-order valence-electron chi connectivity index (χ1n) is 6.20. The average molecular weight is 294 g/mol. The van der Waals surface area contributed by atoms with Gasteiger partial charge in [-0.05, 0) is 32.1 Å². The Balaban J connectivity index is 3.50. The number of carbonyl (C=O) groups is 2. The van der Waals surface area contributed by atoms with Gasteiger partial charge in [-0.2, -0.15) is 25.3 Å². The van der Waals surface area contributed by atoms with Crippen molar-refractivity contribution in [3.63, 3.8) is 0 Å². The van der Waals surface area contributed by atoms with E-state index in [1.54, 1.807) is 0 Å². The van der Waals surface area contributed by atoms with Crippen molar-refractivity contribution in [1.29, 1.82) is 0 Å². The maximum absolute atomic E-state index is 11.1. The van der Waals surface area contributed by atoms with Gasteiger partial charge in [-0.15, -0.1) is 0 Å². The number of hydrogen-bond acceptors (Lipinski definition) is 6. The molecule has 0 saturated carbocycles. The third kappa shape index (κ3) is 9.65. The summed E-state index contributed by atoms with van der Waals surface area (Å²) >= 11 is 7.68. The minimum atomic E-state index is -0.285. The van der Waals surface area contributed by atoms with Crippen molar-refractivity contribution in [2.45, 2.75) is 45.1 Å². The van der Waals surface area contributed by atoms with Crippen LogP contribution in [0.3, 0.4) is 0 Å². The van der Waals surface area contributed by atoms with Gasteiger partial charge in [0.05, 0.1) is 18.1 Å². The molecule has 18 heavy (non-hydrogen) atoms. The van der Waals surface area contributed by atoms with Crippen molar-refractivity contribution in [2.75, 3.05) is 18.1 Å². The third-order valence-electron chi connectivity index (χ3n) is 2.45. The highest BCUT2D eigenvalue weighted by Gasteiger charge is 2.10. The lowest BCUT2D eigenvalue weighted by molar-refractivity contribution is -0.146. The number of thiol groups is 2. The summed E-state index contributed by atoms with van der Waals surface area (Å²) in [6.45, 7) is 2.43. The lowest BCUT2D eigenvalue weighted by Gasteiger charge is -2.15. The number of carbonyl (C=O) groups excluding carboxylic acids is 2. The minimum absolute atomic E-state index is 0.0235. The van der Waals surface area contributed by atoms with E-state index in [2.05, 4.69) is 25.3 Å². The summed E-state index contributed by atoms with van der Waals surface area (Å²) in [5.41, 5.74) is 0. The zero-order valence-corrected chi connectivity index (χ0v) is 12.6. The molecule has 0 radical (unpaired) electrons. The molecule has 4 nitrogen and oxygen atoms in total. The summed E-state index contributed by atoms with van der Waals surface area (Å²) < 4.78 is 10.1. The Morgan fingerprint density at radius 1 is 1.06 bits per heavy atom. The summed E-state index contributed by atoms with van der Waals surface area (Å²) in [7, 11) is 0. The van der Waals surface area contributed by atoms with Crippen LogP contribution in [0.4, 0.5) is 0 Å². The van der Waals surface area contributed by atoms with Crippen LogP contribution in [0.2, 0.25) is 0 Å². The van der Waals surface area contributed by atoms with Crippen molar-refractivity contribution in [3.8, 4) is 0 Å². The molecule has 0 rings (SSSR count). The molecule has 0 spiro atoms. The first-order valence-corrected chi connectivity index (χ1v) is 7.47. The zero-order valence-electron chi connectivity index (χ0n) is 10.8. The lowest BCUT2D eigenvalue weighted by atomic mass is 10.1. The average Bonchev–Trinajstić information content (AvgIpc) is 2.40. The molecule has 1 unspecified atom stereocenters. The second-order valence-corrected chi connectivity index (χ2v) is 4.54. The van der Waals surface area contributed by atoms with Crippen LogP contribution in [-0.2, 0) is 19.1 Å². The smallest absolute Gasteiger partial charge is 0.315 e. The zero-order chi connectivity index (χ0) is 13.8. The summed E-state index contributed by atoms with van der Waals surface area (Å²) in [6.07, 6.45) is 4.37. The summed E-state index contributed by atoms with van der Waals surface area (Å²) in [5.74, 6) is -0.311. The fraction of sp³-hybridized carbons (Fsp3) is 0.833. The van der Waals surface area contributed by atoms with E-state index in [4.69, 9.17) is 9.47 Å². The molecular weight excluding hydrogens is 272 g/mol. The normalized spacial score (nSPS) is 11.9. The molecule has 0 aliphatic carbocycles. The minimum Gasteiger partial charge on any atom is -0.465 e. The van der Waals surface area contributed by atoms with Crippen molar-refractivity contribution in [2.24, 2.45) is 0 Å². The van der Waals surface area contributed by atoms with Gasteiger partial charge in [0.2, 0.25) is 0 Å². The van der Waals surface area contributed by atoms with E-state index in [-0.39, 0.29) is 29.5 Å². The maximum atomic E-state index is 11.1. The molecule has 0 saturated heterocycles. The number of unbranched alkanes of at least 4 members (excludes halogenated alkanes) is 2. The van der Waals surface area contributed by atoms with E-state index in [1.807, 2.05) is 6.92 Å². The fourth-order valence-electron chi connectivity index (χ4n) is 1.45. The Morgan fingerprint density at radius 3 is 2.28 bits per heavy atom. The van der Waals surface area contributed by atoms with Gasteiger partial charge in [0.1, 0.15) is 6.10 Å². The van der Waals surface area contributed by atoms with Gasteiger partial charge in [0, 0.05) is 0 Å². The molecule has 0 aromatic heterocycles. The van der Waals surface area contributed by atoms with E-state index >= 15 is 0 Å². The summed E-state index contributed by atoms with van der Waals surface area (Å²) in [5, 5.41) is 0. The van der Waals surface area contributed by atoms with Gasteiger partial charge in [-0.1, -0.05) is 6.92 Å². The van der Waals surface area contributed by atoms with Gasteiger partial charge < -0.3 is 9.47 Å². The molecular formula is C12H22O4S2. The summed E-state index contributed by atoms with van der Waals surface area (Å²) in [6, 6.07) is 0. The topological polar surface area (TPSA) is 52.6 Å². The third-order valence-corrected chi connectivity index (χ3v) is 2.96. The predicted octanol–water partition coefficient (Wildman–Crippen LogP) is 2.27. The first-order chi connectivity index (χ1) is 8.63. The van der Waals surface area contributed by atoms with Crippen molar-refractivity contribution in [1.82, 2.24) is 0 Å². The van der Waals surface area contributed by atoms with Gasteiger partial charge in [-0.25, -0.2) is 0 Å². The van der Waals surface area contributed by atoms with Crippen LogP contribution in [0.5, 0.6) is 0 Å². The Morgan fingerprint density at radius 2 is 1.72 bits per heavy atom. The van der Waals surface area contributed by atoms with E-state index in [1.165, 1.54) is 0 Å². The highest BCUT2D eigenvalue weighted by molar-refractivity contribution is 7.81. The number of rotatable bonds is 10. The molecule has 0 aliphatic rings. The van der Waals surface area contributed by atoms with Crippen LogP contribution in [0.25, 0.3) is 0 Å². The summed E-state index contributed by atoms with van der Waals surface area (Å²) in [4.78, 5) is 21.9. The number of hydrogen-bond donors (Lipinski definition) is 2. The molecule has 106 valence electrons. The van der Waals surface area contributed by atoms with Crippen molar-refractivity contribution < 1.29 is 19.1 Å². The van der Waals surface area contributed by atoms with Crippen molar-refractivity contribution >= 4 is 37.2 Å². The number of ether oxygens (including phenoxy) is 2. The molecule has 6 heteroatoms. The molecule has 0 amide bonds. The fourth-order valence-corrected chi connectivity index (χ4v) is 1.62. The molecule has 0 heterocycles. The molecule has 0 aromatic carbocycles. The highest BCUT2D eigenvalue weighted by atomic mass is 32.1. The predicted molar refractivity (Wildman–Crippen MR) is 77.3 cm³/mol. The largest absolute Gasteiger partial charge is 0.465 e. The van der Waals surface area contributed by atoms with E-state index in [9.17, 15) is 9.59 Å². The Hall–Kier alpha value is -0.360. The molecule has 0 aliphatic heterocycles. The Kier molecular flexibility index (Phi) is 11.5. The Bertz CT molecular complexity index is 246. The van der Waals surface area contributed by atoms with E-state index in [0.29, 0.717) is 6.61 Å². The standard InChI is InChI=1S/C12H22O4S2/c1-2-10(16-12(14)9-18)6-4-3-5-7-15-11(13)8-17/h10,17-18H,2-9H2,1H3. The monoisotopic (exact) mass is 294 g/mol. The molecule has 0 aromatic rings. The first kappa shape index (κ1) is 17.6. The van der Waals surface area contributed by atoms with Crippen LogP contribution in [0.1, 0.15) is 39.0 Å². The van der Waals surface area contributed by atoms with Gasteiger partial charge >= 0.3 is 11.9 Å². The number of esters is 2. The van der Waals surface area contributed by atoms with Crippen LogP contribution in [0.15, 0.2) is 0 Å². The second kappa shape index (κ2) is 11.7.